The summed E-state index contributed by atoms with van der Waals surface area (Å²) in [4.78, 5) is 13.5. The van der Waals surface area contributed by atoms with Gasteiger partial charge in [-0.05, 0) is 63.0 Å². The molecule has 1 amide bonds. The van der Waals surface area contributed by atoms with Gasteiger partial charge >= 0.3 is 0 Å². The van der Waals surface area contributed by atoms with Crippen LogP contribution in [-0.2, 0) is 11.2 Å². The second-order valence-corrected chi connectivity index (χ2v) is 5.96. The van der Waals surface area contributed by atoms with Gasteiger partial charge in [0.05, 0.1) is 15.0 Å². The molecule has 0 spiro atoms. The molecule has 1 saturated heterocycles. The van der Waals surface area contributed by atoms with E-state index in [1.54, 1.807) is 24.1 Å². The quantitative estimate of drug-likeness (QED) is 0.720. The van der Waals surface area contributed by atoms with Crippen molar-refractivity contribution in [2.24, 2.45) is 5.73 Å². The monoisotopic (exact) mass is 377 g/mol. The lowest BCUT2D eigenvalue weighted by molar-refractivity contribution is -0.121. The van der Waals surface area contributed by atoms with E-state index in [2.05, 4.69) is 37.2 Å². The Morgan fingerprint density at radius 3 is 2.44 bits per heavy atom. The third-order valence-corrected chi connectivity index (χ3v) is 4.24. The van der Waals surface area contributed by atoms with Crippen molar-refractivity contribution in [2.45, 2.75) is 18.8 Å². The maximum atomic E-state index is 11.7. The van der Waals surface area contributed by atoms with Gasteiger partial charge in [0.1, 0.15) is 12.0 Å². The molecule has 0 radical (unpaired) electrons. The summed E-state index contributed by atoms with van der Waals surface area (Å²) in [6.45, 7) is 0. The summed E-state index contributed by atoms with van der Waals surface area (Å²) >= 11 is 6.54. The van der Waals surface area contributed by atoms with Crippen molar-refractivity contribution in [3.05, 3.63) is 26.6 Å². The lowest BCUT2D eigenvalue weighted by atomic mass is 10.1. The van der Waals surface area contributed by atoms with Crippen molar-refractivity contribution in [3.63, 3.8) is 0 Å². The van der Waals surface area contributed by atoms with Gasteiger partial charge in [-0.2, -0.15) is 0 Å². The molecular formula is C11H13Br2N3O2. The van der Waals surface area contributed by atoms with Gasteiger partial charge in [0.25, 0.3) is 0 Å². The van der Waals surface area contributed by atoms with E-state index in [0.717, 1.165) is 5.56 Å². The van der Waals surface area contributed by atoms with Crippen molar-refractivity contribution in [1.29, 1.82) is 0 Å². The van der Waals surface area contributed by atoms with Gasteiger partial charge in [-0.15, -0.1) is 0 Å². The van der Waals surface area contributed by atoms with Crippen molar-refractivity contribution < 1.29 is 9.90 Å². The molecule has 0 bridgehead atoms. The van der Waals surface area contributed by atoms with Gasteiger partial charge in [-0.1, -0.05) is 0 Å². The maximum absolute atomic E-state index is 11.7. The van der Waals surface area contributed by atoms with Gasteiger partial charge in [0.15, 0.2) is 0 Å². The van der Waals surface area contributed by atoms with Crippen LogP contribution >= 0.6 is 31.9 Å². The summed E-state index contributed by atoms with van der Waals surface area (Å²) in [6, 6.07) is 3.30. The third kappa shape index (κ3) is 2.54. The van der Waals surface area contributed by atoms with E-state index in [1.807, 2.05) is 0 Å². The lowest BCUT2D eigenvalue weighted by Crippen LogP contribution is -2.43. The number of nitrogens with two attached hydrogens (primary N) is 1. The topological polar surface area (TPSA) is 78.6 Å². The Hall–Kier alpha value is -0.630. The van der Waals surface area contributed by atoms with Crippen LogP contribution in [0.25, 0.3) is 0 Å². The predicted molar refractivity (Wildman–Crippen MR) is 74.9 cm³/mol. The highest BCUT2D eigenvalue weighted by molar-refractivity contribution is 9.11. The standard InChI is InChI=1S/C11H13Br2N3O2/c1-16-8(10(18)15-11(16)14)4-5-2-6(12)9(17)7(13)3-5/h2-3,8,11,17H,4,14H2,1H3,(H,15,18). The number of phenolic OH excluding ortho intramolecular Hbond substituents is 1. The fourth-order valence-electron chi connectivity index (χ4n) is 1.92. The number of hydrogen-bond acceptors (Lipinski definition) is 4. The number of likely N-dealkylation sites (N-methyl/N-ethyl adjacent to an activating group) is 1. The molecule has 4 N–H and O–H groups in total. The smallest absolute Gasteiger partial charge is 0.240 e. The maximum Gasteiger partial charge on any atom is 0.240 e. The average molecular weight is 379 g/mol. The Bertz CT molecular complexity index is 472. The van der Waals surface area contributed by atoms with Crippen LogP contribution in [0, 0.1) is 0 Å². The third-order valence-electron chi connectivity index (χ3n) is 3.03. The van der Waals surface area contributed by atoms with Gasteiger partial charge in [0, 0.05) is 0 Å². The number of benzene rings is 1. The molecule has 1 aliphatic rings. The molecule has 5 nitrogen and oxygen atoms in total. The number of nitrogens with zero attached hydrogens (tertiary/aromatic N) is 1. The predicted octanol–water partition coefficient (Wildman–Crippen LogP) is 1.13. The highest BCUT2D eigenvalue weighted by Gasteiger charge is 2.35. The van der Waals surface area contributed by atoms with E-state index >= 15 is 0 Å². The molecule has 2 unspecified atom stereocenters. The second kappa shape index (κ2) is 5.16. The molecule has 0 saturated carbocycles. The number of carbonyl (C=O) groups excluding carboxylic acids is 1. The summed E-state index contributed by atoms with van der Waals surface area (Å²) in [5.74, 6) is 0.0741. The Morgan fingerprint density at radius 1 is 1.44 bits per heavy atom. The number of phenols is 1. The van der Waals surface area contributed by atoms with Crippen LogP contribution in [0.1, 0.15) is 5.56 Å². The highest BCUT2D eigenvalue weighted by atomic mass is 79.9. The molecule has 0 aliphatic carbocycles. The minimum absolute atomic E-state index is 0.0784. The number of rotatable bonds is 2. The Kier molecular flexibility index (Phi) is 3.96. The molecule has 1 heterocycles. The number of amides is 1. The molecule has 2 rings (SSSR count). The van der Waals surface area contributed by atoms with E-state index in [9.17, 15) is 9.90 Å². The van der Waals surface area contributed by atoms with Gasteiger partial charge < -0.3 is 10.4 Å². The number of hydrogen-bond donors (Lipinski definition) is 3. The fraction of sp³-hybridized carbons (Fsp3) is 0.364. The first-order valence-corrected chi connectivity index (χ1v) is 6.93. The largest absolute Gasteiger partial charge is 0.506 e. The van der Waals surface area contributed by atoms with Crippen molar-refractivity contribution in [2.75, 3.05) is 7.05 Å². The number of halogens is 2. The summed E-state index contributed by atoms with van der Waals surface area (Å²) in [6.07, 6.45) is 0.0968. The Balaban J connectivity index is 2.22. The molecular weight excluding hydrogens is 366 g/mol. The zero-order chi connectivity index (χ0) is 13.4. The Labute approximate surface area is 122 Å². The molecule has 7 heteroatoms. The molecule has 2 atom stereocenters. The minimum Gasteiger partial charge on any atom is -0.506 e. The van der Waals surface area contributed by atoms with E-state index in [1.165, 1.54) is 0 Å². The molecule has 98 valence electrons. The number of aromatic hydroxyl groups is 1. The normalized spacial score (nSPS) is 24.3. The molecule has 1 aliphatic heterocycles. The number of nitrogens with one attached hydrogen (secondary N) is 1. The molecule has 1 aromatic carbocycles. The fourth-order valence-corrected chi connectivity index (χ4v) is 3.20. The zero-order valence-corrected chi connectivity index (χ0v) is 12.8. The first-order valence-electron chi connectivity index (χ1n) is 5.35. The van der Waals surface area contributed by atoms with E-state index in [-0.39, 0.29) is 17.7 Å². The van der Waals surface area contributed by atoms with E-state index in [0.29, 0.717) is 15.4 Å². The molecule has 1 aromatic rings. The van der Waals surface area contributed by atoms with Crippen LogP contribution in [0.3, 0.4) is 0 Å². The first kappa shape index (κ1) is 13.8. The summed E-state index contributed by atoms with van der Waals surface area (Å²) in [7, 11) is 1.80. The van der Waals surface area contributed by atoms with E-state index < -0.39 is 6.29 Å². The van der Waals surface area contributed by atoms with Crippen LogP contribution in [0.15, 0.2) is 21.1 Å². The van der Waals surface area contributed by atoms with Crippen LogP contribution in [0.2, 0.25) is 0 Å². The Morgan fingerprint density at radius 2 is 2.00 bits per heavy atom. The summed E-state index contributed by atoms with van der Waals surface area (Å²) in [5, 5.41) is 12.3. The van der Waals surface area contributed by atoms with Crippen molar-refractivity contribution >= 4 is 37.8 Å². The van der Waals surface area contributed by atoms with Crippen LogP contribution in [0.4, 0.5) is 0 Å². The van der Waals surface area contributed by atoms with Gasteiger partial charge in [-0.25, -0.2) is 0 Å². The van der Waals surface area contributed by atoms with Crippen LogP contribution in [0.5, 0.6) is 5.75 Å². The first-order chi connectivity index (χ1) is 8.40. The van der Waals surface area contributed by atoms with Crippen LogP contribution in [-0.4, -0.2) is 35.3 Å². The van der Waals surface area contributed by atoms with Crippen molar-refractivity contribution in [1.82, 2.24) is 10.2 Å². The molecule has 0 aromatic heterocycles. The van der Waals surface area contributed by atoms with Gasteiger partial charge in [-0.3, -0.25) is 15.4 Å². The second-order valence-electron chi connectivity index (χ2n) is 4.25. The zero-order valence-electron chi connectivity index (χ0n) is 9.65. The molecule has 18 heavy (non-hydrogen) atoms. The summed E-state index contributed by atoms with van der Waals surface area (Å²) < 4.78 is 1.19. The number of carbonyl (C=O) groups is 1. The minimum atomic E-state index is -0.438. The van der Waals surface area contributed by atoms with Crippen molar-refractivity contribution in [3.8, 4) is 5.75 Å². The van der Waals surface area contributed by atoms with Gasteiger partial charge in [0.2, 0.25) is 5.91 Å². The molecule has 1 fully saturated rings. The van der Waals surface area contributed by atoms with E-state index in [4.69, 9.17) is 5.73 Å². The summed E-state index contributed by atoms with van der Waals surface area (Å²) in [5.41, 5.74) is 6.67. The highest BCUT2D eigenvalue weighted by Crippen LogP contribution is 2.34. The average Bonchev–Trinajstić information content (AvgIpc) is 2.53. The van der Waals surface area contributed by atoms with Crippen LogP contribution < -0.4 is 11.1 Å². The SMILES string of the molecule is CN1C(N)NC(=O)C1Cc1cc(Br)c(O)c(Br)c1. The lowest BCUT2D eigenvalue weighted by Gasteiger charge is -2.20.